The summed E-state index contributed by atoms with van der Waals surface area (Å²) < 4.78 is 10.6. The molecule has 1 aromatic rings. The SMILES string of the molecule is COCCOc1ccccc1C(=O)N1CCC(C(=O)O)C(C)C1. The highest BCUT2D eigenvalue weighted by atomic mass is 16.5. The lowest BCUT2D eigenvalue weighted by Gasteiger charge is -2.35. The molecule has 1 N–H and O–H groups in total. The monoisotopic (exact) mass is 321 g/mol. The molecule has 2 rings (SSSR count). The fourth-order valence-corrected chi connectivity index (χ4v) is 2.87. The average molecular weight is 321 g/mol. The standard InChI is InChI=1S/C17H23NO5/c1-12-11-18(8-7-13(12)17(20)21)16(19)14-5-3-4-6-15(14)23-10-9-22-2/h3-6,12-13H,7-11H2,1-2H3,(H,20,21). The molecule has 6 heteroatoms. The number of amides is 1. The lowest BCUT2D eigenvalue weighted by molar-refractivity contribution is -0.145. The number of carboxylic acid groups (broad SMARTS) is 1. The molecule has 0 saturated carbocycles. The molecule has 6 nitrogen and oxygen atoms in total. The number of hydrogen-bond donors (Lipinski definition) is 1. The van der Waals surface area contributed by atoms with Gasteiger partial charge in [0, 0.05) is 20.2 Å². The van der Waals surface area contributed by atoms with E-state index in [4.69, 9.17) is 9.47 Å². The van der Waals surface area contributed by atoms with E-state index in [9.17, 15) is 14.7 Å². The number of ether oxygens (including phenoxy) is 2. The van der Waals surface area contributed by atoms with E-state index in [1.165, 1.54) is 0 Å². The van der Waals surface area contributed by atoms with Crippen LogP contribution in [0.4, 0.5) is 0 Å². The van der Waals surface area contributed by atoms with Gasteiger partial charge < -0.3 is 19.5 Å². The first-order valence-corrected chi connectivity index (χ1v) is 7.77. The van der Waals surface area contributed by atoms with Crippen molar-refractivity contribution in [3.8, 4) is 5.75 Å². The minimum absolute atomic E-state index is 0.0632. The van der Waals surface area contributed by atoms with Crippen LogP contribution in [0.5, 0.6) is 5.75 Å². The first-order chi connectivity index (χ1) is 11.0. The highest BCUT2D eigenvalue weighted by Gasteiger charge is 2.33. The van der Waals surface area contributed by atoms with Gasteiger partial charge >= 0.3 is 5.97 Å². The van der Waals surface area contributed by atoms with Crippen molar-refractivity contribution >= 4 is 11.9 Å². The zero-order valence-electron chi connectivity index (χ0n) is 13.5. The molecule has 1 fully saturated rings. The number of rotatable bonds is 6. The first kappa shape index (κ1) is 17.3. The topological polar surface area (TPSA) is 76.1 Å². The number of nitrogens with zero attached hydrogens (tertiary/aromatic N) is 1. The Balaban J connectivity index is 2.07. The van der Waals surface area contributed by atoms with Crippen LogP contribution in [0, 0.1) is 11.8 Å². The number of carboxylic acids is 1. The van der Waals surface area contributed by atoms with Gasteiger partial charge in [-0.1, -0.05) is 19.1 Å². The smallest absolute Gasteiger partial charge is 0.306 e. The van der Waals surface area contributed by atoms with Crippen molar-refractivity contribution in [2.75, 3.05) is 33.4 Å². The second-order valence-corrected chi connectivity index (χ2v) is 5.80. The highest BCUT2D eigenvalue weighted by Crippen LogP contribution is 2.27. The zero-order chi connectivity index (χ0) is 16.8. The van der Waals surface area contributed by atoms with Crippen LogP contribution in [0.25, 0.3) is 0 Å². The molecule has 1 aliphatic heterocycles. The van der Waals surface area contributed by atoms with Crippen LogP contribution in [0.1, 0.15) is 23.7 Å². The van der Waals surface area contributed by atoms with Gasteiger partial charge in [0.2, 0.25) is 0 Å². The number of piperidine rings is 1. The summed E-state index contributed by atoms with van der Waals surface area (Å²) in [7, 11) is 1.59. The van der Waals surface area contributed by atoms with Gasteiger partial charge in [0.1, 0.15) is 12.4 Å². The van der Waals surface area contributed by atoms with E-state index in [-0.39, 0.29) is 17.7 Å². The lowest BCUT2D eigenvalue weighted by atomic mass is 9.87. The van der Waals surface area contributed by atoms with E-state index in [0.29, 0.717) is 44.0 Å². The molecular formula is C17H23NO5. The molecular weight excluding hydrogens is 298 g/mol. The van der Waals surface area contributed by atoms with Crippen LogP contribution in [0.3, 0.4) is 0 Å². The van der Waals surface area contributed by atoms with E-state index in [0.717, 1.165) is 0 Å². The van der Waals surface area contributed by atoms with Gasteiger partial charge in [-0.2, -0.15) is 0 Å². The van der Waals surface area contributed by atoms with Crippen LogP contribution in [-0.2, 0) is 9.53 Å². The molecule has 1 saturated heterocycles. The van der Waals surface area contributed by atoms with Crippen LogP contribution < -0.4 is 4.74 Å². The summed E-state index contributed by atoms with van der Waals surface area (Å²) in [5, 5.41) is 9.18. The van der Waals surface area contributed by atoms with Crippen LogP contribution in [0.15, 0.2) is 24.3 Å². The normalized spacial score (nSPS) is 21.0. The van der Waals surface area contributed by atoms with Gasteiger partial charge in [-0.3, -0.25) is 9.59 Å². The largest absolute Gasteiger partial charge is 0.490 e. The third-order valence-electron chi connectivity index (χ3n) is 4.17. The quantitative estimate of drug-likeness (QED) is 0.810. The summed E-state index contributed by atoms with van der Waals surface area (Å²) in [5.74, 6) is -0.816. The van der Waals surface area contributed by atoms with E-state index in [1.807, 2.05) is 13.0 Å². The van der Waals surface area contributed by atoms with Crippen LogP contribution >= 0.6 is 0 Å². The molecule has 2 unspecified atom stereocenters. The van der Waals surface area contributed by atoms with Gasteiger partial charge in [0.05, 0.1) is 18.1 Å². The van der Waals surface area contributed by atoms with Crippen molar-refractivity contribution in [3.63, 3.8) is 0 Å². The van der Waals surface area contributed by atoms with Gasteiger partial charge in [-0.25, -0.2) is 0 Å². The van der Waals surface area contributed by atoms with E-state index < -0.39 is 5.97 Å². The number of methoxy groups -OCH3 is 1. The molecule has 1 aromatic carbocycles. The Bertz CT molecular complexity index is 560. The summed E-state index contributed by atoms with van der Waals surface area (Å²) in [6, 6.07) is 7.11. The second kappa shape index (κ2) is 7.97. The minimum Gasteiger partial charge on any atom is -0.490 e. The molecule has 0 spiro atoms. The number of carbonyl (C=O) groups excluding carboxylic acids is 1. The Hall–Kier alpha value is -2.08. The number of hydrogen-bond acceptors (Lipinski definition) is 4. The Morgan fingerprint density at radius 1 is 1.30 bits per heavy atom. The van der Waals surface area contributed by atoms with Gasteiger partial charge in [-0.05, 0) is 24.5 Å². The van der Waals surface area contributed by atoms with Crippen molar-refractivity contribution in [2.45, 2.75) is 13.3 Å². The molecule has 0 radical (unpaired) electrons. The number of para-hydroxylation sites is 1. The molecule has 0 aromatic heterocycles. The average Bonchev–Trinajstić information content (AvgIpc) is 2.54. The maximum Gasteiger partial charge on any atom is 0.306 e. The Labute approximate surface area is 136 Å². The first-order valence-electron chi connectivity index (χ1n) is 7.77. The van der Waals surface area contributed by atoms with Crippen molar-refractivity contribution in [3.05, 3.63) is 29.8 Å². The number of aliphatic carboxylic acids is 1. The summed E-state index contributed by atoms with van der Waals surface area (Å²) in [6.45, 7) is 3.59. The zero-order valence-corrected chi connectivity index (χ0v) is 13.5. The summed E-state index contributed by atoms with van der Waals surface area (Å²) >= 11 is 0. The lowest BCUT2D eigenvalue weighted by Crippen LogP contribution is -2.45. The third kappa shape index (κ3) is 4.22. The fraction of sp³-hybridized carbons (Fsp3) is 0.529. The maximum atomic E-state index is 12.7. The van der Waals surface area contributed by atoms with E-state index in [2.05, 4.69) is 0 Å². The Morgan fingerprint density at radius 3 is 2.70 bits per heavy atom. The summed E-state index contributed by atoms with van der Waals surface area (Å²) in [6.07, 6.45) is 0.481. The van der Waals surface area contributed by atoms with E-state index >= 15 is 0 Å². The molecule has 2 atom stereocenters. The molecule has 1 heterocycles. The predicted molar refractivity (Wildman–Crippen MR) is 84.6 cm³/mol. The number of benzene rings is 1. The fourth-order valence-electron chi connectivity index (χ4n) is 2.87. The molecule has 0 bridgehead atoms. The summed E-state index contributed by atoms with van der Waals surface area (Å²) in [4.78, 5) is 25.6. The second-order valence-electron chi connectivity index (χ2n) is 5.80. The Morgan fingerprint density at radius 2 is 2.04 bits per heavy atom. The molecule has 23 heavy (non-hydrogen) atoms. The van der Waals surface area contributed by atoms with E-state index in [1.54, 1.807) is 30.2 Å². The molecule has 126 valence electrons. The minimum atomic E-state index is -0.784. The van der Waals surface area contributed by atoms with Crippen molar-refractivity contribution in [2.24, 2.45) is 11.8 Å². The predicted octanol–water partition coefficient (Wildman–Crippen LogP) is 1.89. The van der Waals surface area contributed by atoms with Crippen LogP contribution in [0.2, 0.25) is 0 Å². The molecule has 0 aliphatic carbocycles. The van der Waals surface area contributed by atoms with Crippen LogP contribution in [-0.4, -0.2) is 55.3 Å². The number of likely N-dealkylation sites (tertiary alicyclic amines) is 1. The van der Waals surface area contributed by atoms with Crippen molar-refractivity contribution in [1.29, 1.82) is 0 Å². The van der Waals surface area contributed by atoms with Gasteiger partial charge in [-0.15, -0.1) is 0 Å². The number of carbonyl (C=O) groups is 2. The van der Waals surface area contributed by atoms with Crippen molar-refractivity contribution in [1.82, 2.24) is 4.90 Å². The van der Waals surface area contributed by atoms with Gasteiger partial charge in [0.25, 0.3) is 5.91 Å². The highest BCUT2D eigenvalue weighted by molar-refractivity contribution is 5.97. The maximum absolute atomic E-state index is 12.7. The van der Waals surface area contributed by atoms with Gasteiger partial charge in [0.15, 0.2) is 0 Å². The Kier molecular flexibility index (Phi) is 5.98. The summed E-state index contributed by atoms with van der Waals surface area (Å²) in [5.41, 5.74) is 0.504. The molecule has 1 amide bonds. The third-order valence-corrected chi connectivity index (χ3v) is 4.17. The van der Waals surface area contributed by atoms with Crippen molar-refractivity contribution < 1.29 is 24.2 Å². The molecule has 1 aliphatic rings.